The Morgan fingerprint density at radius 3 is 2.38 bits per heavy atom. The molecule has 3 unspecified atom stereocenters. The zero-order valence-corrected chi connectivity index (χ0v) is 15.8. The first-order valence-corrected chi connectivity index (χ1v) is 10.4. The van der Waals surface area contributed by atoms with Crippen molar-refractivity contribution in [2.75, 3.05) is 19.6 Å². The Kier molecular flexibility index (Phi) is 6.74. The minimum absolute atomic E-state index is 0.646. The van der Waals surface area contributed by atoms with Gasteiger partial charge in [0, 0.05) is 18.1 Å². The maximum absolute atomic E-state index is 2.86. The maximum Gasteiger partial charge on any atom is 0.0367 e. The van der Waals surface area contributed by atoms with Gasteiger partial charge in [-0.2, -0.15) is 0 Å². The lowest BCUT2D eigenvalue weighted by atomic mass is 9.97. The average molecular weight is 329 g/mol. The van der Waals surface area contributed by atoms with Crippen molar-refractivity contribution in [1.29, 1.82) is 0 Å². The monoisotopic (exact) mass is 328 g/mol. The van der Waals surface area contributed by atoms with Gasteiger partial charge >= 0.3 is 0 Å². The fourth-order valence-electron chi connectivity index (χ4n) is 4.86. The number of piperidine rings is 1. The highest BCUT2D eigenvalue weighted by Crippen LogP contribution is 2.42. The molecule has 0 N–H and O–H groups in total. The third-order valence-corrected chi connectivity index (χ3v) is 6.15. The fourth-order valence-corrected chi connectivity index (χ4v) is 4.86. The number of fused-ring (bicyclic) bond motifs is 1. The van der Waals surface area contributed by atoms with Gasteiger partial charge in [0.05, 0.1) is 0 Å². The lowest BCUT2D eigenvalue weighted by Gasteiger charge is -2.39. The highest BCUT2D eigenvalue weighted by Gasteiger charge is 2.44. The molecular weight excluding hydrogens is 292 g/mol. The quantitative estimate of drug-likeness (QED) is 0.642. The van der Waals surface area contributed by atoms with E-state index in [9.17, 15) is 0 Å². The van der Waals surface area contributed by atoms with Crippen molar-refractivity contribution in [1.82, 2.24) is 9.80 Å². The van der Waals surface area contributed by atoms with Gasteiger partial charge < -0.3 is 0 Å². The molecule has 24 heavy (non-hydrogen) atoms. The molecule has 3 rings (SSSR count). The zero-order valence-electron chi connectivity index (χ0n) is 15.8. The first-order chi connectivity index (χ1) is 11.8. The van der Waals surface area contributed by atoms with Crippen LogP contribution in [0.1, 0.15) is 76.8 Å². The molecular formula is C22H36N2. The molecule has 0 bridgehead atoms. The topological polar surface area (TPSA) is 6.48 Å². The van der Waals surface area contributed by atoms with Crippen LogP contribution in [0.5, 0.6) is 0 Å². The van der Waals surface area contributed by atoms with Crippen LogP contribution in [-0.4, -0.2) is 41.5 Å². The van der Waals surface area contributed by atoms with Crippen molar-refractivity contribution in [3.8, 4) is 0 Å². The Labute approximate surface area is 149 Å². The van der Waals surface area contributed by atoms with E-state index in [1.54, 1.807) is 0 Å². The maximum atomic E-state index is 2.86. The second-order valence-electron chi connectivity index (χ2n) is 7.77. The SMILES string of the molecule is CCCCN(CCCC)C1CC(c2ccccc2)N2CCCCC12. The average Bonchev–Trinajstić information content (AvgIpc) is 3.02. The van der Waals surface area contributed by atoms with Crippen LogP contribution in [0.3, 0.4) is 0 Å². The summed E-state index contributed by atoms with van der Waals surface area (Å²) in [6, 6.07) is 13.5. The van der Waals surface area contributed by atoms with Gasteiger partial charge in [0.1, 0.15) is 0 Å². The highest BCUT2D eigenvalue weighted by atomic mass is 15.3. The summed E-state index contributed by atoms with van der Waals surface area (Å²) >= 11 is 0. The van der Waals surface area contributed by atoms with Crippen molar-refractivity contribution < 1.29 is 0 Å². The summed E-state index contributed by atoms with van der Waals surface area (Å²) in [6.45, 7) is 8.55. The first kappa shape index (κ1) is 17.9. The van der Waals surface area contributed by atoms with Gasteiger partial charge in [-0.05, 0) is 57.3 Å². The highest BCUT2D eigenvalue weighted by molar-refractivity contribution is 5.22. The molecule has 2 nitrogen and oxygen atoms in total. The fraction of sp³-hybridized carbons (Fsp3) is 0.727. The summed E-state index contributed by atoms with van der Waals surface area (Å²) in [5.41, 5.74) is 1.54. The van der Waals surface area contributed by atoms with Crippen molar-refractivity contribution in [2.45, 2.75) is 83.3 Å². The molecule has 1 aromatic rings. The predicted octanol–water partition coefficient (Wildman–Crippen LogP) is 5.26. The number of unbranched alkanes of at least 4 members (excludes halogenated alkanes) is 2. The minimum atomic E-state index is 0.646. The molecule has 2 aliphatic heterocycles. The molecule has 134 valence electrons. The zero-order chi connectivity index (χ0) is 16.8. The van der Waals surface area contributed by atoms with Crippen LogP contribution < -0.4 is 0 Å². The summed E-state index contributed by atoms with van der Waals surface area (Å²) < 4.78 is 0. The standard InChI is InChI=1S/C22H36N2/c1-3-5-15-23(16-6-4-2)22-18-21(19-12-8-7-9-13-19)24-17-11-10-14-20(22)24/h7-9,12-13,20-22H,3-6,10-11,14-18H2,1-2H3. The predicted molar refractivity (Wildman–Crippen MR) is 103 cm³/mol. The lowest BCUT2D eigenvalue weighted by Crippen LogP contribution is -2.47. The smallest absolute Gasteiger partial charge is 0.0367 e. The van der Waals surface area contributed by atoms with Gasteiger partial charge in [-0.1, -0.05) is 63.4 Å². The summed E-state index contributed by atoms with van der Waals surface area (Å²) in [6.07, 6.45) is 10.9. The number of benzene rings is 1. The molecule has 0 saturated carbocycles. The summed E-state index contributed by atoms with van der Waals surface area (Å²) in [4.78, 5) is 5.72. The van der Waals surface area contributed by atoms with Crippen molar-refractivity contribution in [3.05, 3.63) is 35.9 Å². The molecule has 0 spiro atoms. The summed E-state index contributed by atoms with van der Waals surface area (Å²) in [7, 11) is 0. The van der Waals surface area contributed by atoms with Crippen LogP contribution >= 0.6 is 0 Å². The molecule has 0 amide bonds. The second-order valence-corrected chi connectivity index (χ2v) is 7.77. The van der Waals surface area contributed by atoms with E-state index >= 15 is 0 Å². The molecule has 2 saturated heterocycles. The van der Waals surface area contributed by atoms with E-state index in [0.29, 0.717) is 6.04 Å². The Morgan fingerprint density at radius 1 is 1.00 bits per heavy atom. The van der Waals surface area contributed by atoms with Crippen molar-refractivity contribution in [2.24, 2.45) is 0 Å². The van der Waals surface area contributed by atoms with Crippen molar-refractivity contribution >= 4 is 0 Å². The Bertz CT molecular complexity index is 464. The number of hydrogen-bond donors (Lipinski definition) is 0. The van der Waals surface area contributed by atoms with Crippen LogP contribution in [-0.2, 0) is 0 Å². The van der Waals surface area contributed by atoms with Gasteiger partial charge in [0.15, 0.2) is 0 Å². The van der Waals surface area contributed by atoms with E-state index in [4.69, 9.17) is 0 Å². The largest absolute Gasteiger partial charge is 0.299 e. The van der Waals surface area contributed by atoms with E-state index in [0.717, 1.165) is 12.1 Å². The van der Waals surface area contributed by atoms with Crippen LogP contribution in [0.4, 0.5) is 0 Å². The van der Waals surface area contributed by atoms with Gasteiger partial charge in [-0.25, -0.2) is 0 Å². The van der Waals surface area contributed by atoms with E-state index in [1.165, 1.54) is 76.6 Å². The van der Waals surface area contributed by atoms with Gasteiger partial charge in [0.25, 0.3) is 0 Å². The lowest BCUT2D eigenvalue weighted by molar-refractivity contribution is 0.0982. The molecule has 0 radical (unpaired) electrons. The van der Waals surface area contributed by atoms with E-state index in [2.05, 4.69) is 54.0 Å². The Balaban J connectivity index is 1.78. The van der Waals surface area contributed by atoms with Gasteiger partial charge in [-0.15, -0.1) is 0 Å². The van der Waals surface area contributed by atoms with Crippen LogP contribution in [0, 0.1) is 0 Å². The minimum Gasteiger partial charge on any atom is -0.299 e. The summed E-state index contributed by atoms with van der Waals surface area (Å²) in [5.74, 6) is 0. The molecule has 3 atom stereocenters. The normalized spacial score (nSPS) is 27.5. The molecule has 2 heterocycles. The molecule has 2 fully saturated rings. The first-order valence-electron chi connectivity index (χ1n) is 10.4. The Hall–Kier alpha value is -0.860. The molecule has 2 aliphatic rings. The van der Waals surface area contributed by atoms with E-state index in [1.807, 2.05) is 0 Å². The molecule has 1 aromatic carbocycles. The number of hydrogen-bond acceptors (Lipinski definition) is 2. The van der Waals surface area contributed by atoms with E-state index in [-0.39, 0.29) is 0 Å². The van der Waals surface area contributed by atoms with Crippen LogP contribution in [0.2, 0.25) is 0 Å². The molecule has 0 aliphatic carbocycles. The molecule has 2 heteroatoms. The van der Waals surface area contributed by atoms with E-state index < -0.39 is 0 Å². The third-order valence-electron chi connectivity index (χ3n) is 6.15. The molecule has 0 aromatic heterocycles. The number of rotatable bonds is 8. The second kappa shape index (κ2) is 9.01. The van der Waals surface area contributed by atoms with Crippen LogP contribution in [0.15, 0.2) is 30.3 Å². The van der Waals surface area contributed by atoms with Gasteiger partial charge in [0.2, 0.25) is 0 Å². The number of nitrogens with zero attached hydrogens (tertiary/aromatic N) is 2. The van der Waals surface area contributed by atoms with Crippen LogP contribution in [0.25, 0.3) is 0 Å². The van der Waals surface area contributed by atoms with Crippen molar-refractivity contribution in [3.63, 3.8) is 0 Å². The Morgan fingerprint density at radius 2 is 1.71 bits per heavy atom. The van der Waals surface area contributed by atoms with Gasteiger partial charge in [-0.3, -0.25) is 9.80 Å². The third kappa shape index (κ3) is 4.03. The summed E-state index contributed by atoms with van der Waals surface area (Å²) in [5, 5.41) is 0.